The number of hydrogen-bond donors (Lipinski definition) is 1. The molecule has 0 aliphatic rings. The molecule has 0 aliphatic carbocycles. The van der Waals surface area contributed by atoms with Gasteiger partial charge in [0.2, 0.25) is 11.9 Å². The smallest absolute Gasteiger partial charge is 0.355 e. The average molecular weight is 355 g/mol. The lowest BCUT2D eigenvalue weighted by atomic mass is 10.5. The number of anilines is 1. The second-order valence-electron chi connectivity index (χ2n) is 4.63. The number of nitrogens with two attached hydrogens (primary N) is 1. The van der Waals surface area contributed by atoms with Crippen LogP contribution in [0.25, 0.3) is 17.4 Å². The van der Waals surface area contributed by atoms with Gasteiger partial charge in [0.1, 0.15) is 6.33 Å². The summed E-state index contributed by atoms with van der Waals surface area (Å²) in [4.78, 5) is 31.6. The molecule has 130 valence electrons. The van der Waals surface area contributed by atoms with E-state index in [9.17, 15) is 14.2 Å². The summed E-state index contributed by atoms with van der Waals surface area (Å²) in [6, 6.07) is 0. The lowest BCUT2D eigenvalue weighted by molar-refractivity contribution is 0.0934. The summed E-state index contributed by atoms with van der Waals surface area (Å²) < 4.78 is 24.8. The highest BCUT2D eigenvalue weighted by molar-refractivity contribution is 7.57. The highest BCUT2D eigenvalue weighted by atomic mass is 31.2. The van der Waals surface area contributed by atoms with Gasteiger partial charge in [-0.05, 0) is 13.8 Å². The maximum absolute atomic E-state index is 12.4. The van der Waals surface area contributed by atoms with Gasteiger partial charge in [-0.2, -0.15) is 4.98 Å². The van der Waals surface area contributed by atoms with E-state index in [2.05, 4.69) is 9.97 Å². The number of rotatable bonds is 6. The van der Waals surface area contributed by atoms with E-state index in [1.54, 1.807) is 13.8 Å². The Morgan fingerprint density at radius 2 is 2.00 bits per heavy atom. The van der Waals surface area contributed by atoms with Crippen molar-refractivity contribution < 1.29 is 18.4 Å². The average Bonchev–Trinajstić information content (AvgIpc) is 2.88. The van der Waals surface area contributed by atoms with Crippen LogP contribution in [0.4, 0.5) is 5.95 Å². The van der Waals surface area contributed by atoms with Crippen LogP contribution in [0.1, 0.15) is 25.6 Å². The second kappa shape index (κ2) is 7.08. The standard InChI is InChI=1S/C13H18N5O5P/c1-4-22-24(21,23-5-2)7-6-17-8-15-10-11(17)16-13(14)18(9(3)19)12(10)20/h6-8H,4-5H2,1-3H3,(H2,14,16)/b7-6+. The summed E-state index contributed by atoms with van der Waals surface area (Å²) in [6.07, 6.45) is 2.66. The summed E-state index contributed by atoms with van der Waals surface area (Å²) in [5.74, 6) is 0.428. The van der Waals surface area contributed by atoms with Crippen molar-refractivity contribution in [3.63, 3.8) is 0 Å². The van der Waals surface area contributed by atoms with Crippen molar-refractivity contribution in [3.05, 3.63) is 22.5 Å². The Bertz CT molecular complexity index is 890. The molecular formula is C13H18N5O5P. The summed E-state index contributed by atoms with van der Waals surface area (Å²) >= 11 is 0. The Morgan fingerprint density at radius 1 is 1.38 bits per heavy atom. The molecule has 24 heavy (non-hydrogen) atoms. The highest BCUT2D eigenvalue weighted by Crippen LogP contribution is 2.49. The van der Waals surface area contributed by atoms with Crippen LogP contribution in [0.15, 0.2) is 16.9 Å². The molecule has 0 radical (unpaired) electrons. The molecule has 10 nitrogen and oxygen atoms in total. The maximum atomic E-state index is 12.4. The number of aromatic nitrogens is 4. The first-order valence-corrected chi connectivity index (χ1v) is 8.78. The minimum absolute atomic E-state index is 0.0355. The monoisotopic (exact) mass is 355 g/mol. The Balaban J connectivity index is 2.52. The molecule has 2 aromatic rings. The quantitative estimate of drug-likeness (QED) is 0.772. The second-order valence-corrected chi connectivity index (χ2v) is 6.52. The number of nitrogens with zero attached hydrogens (tertiary/aromatic N) is 4. The third kappa shape index (κ3) is 3.45. The minimum atomic E-state index is -3.41. The summed E-state index contributed by atoms with van der Waals surface area (Å²) in [7, 11) is -3.41. The zero-order chi connectivity index (χ0) is 17.9. The van der Waals surface area contributed by atoms with Crippen molar-refractivity contribution in [2.45, 2.75) is 20.8 Å². The van der Waals surface area contributed by atoms with Gasteiger partial charge in [0.25, 0.3) is 5.56 Å². The molecule has 2 N–H and O–H groups in total. The first-order chi connectivity index (χ1) is 11.3. The Hall–Kier alpha value is -2.29. The van der Waals surface area contributed by atoms with E-state index in [1.165, 1.54) is 29.8 Å². The van der Waals surface area contributed by atoms with Crippen LogP contribution in [0.2, 0.25) is 0 Å². The van der Waals surface area contributed by atoms with Crippen LogP contribution >= 0.6 is 7.60 Å². The van der Waals surface area contributed by atoms with E-state index in [0.717, 1.165) is 4.57 Å². The number of imidazole rings is 1. The summed E-state index contributed by atoms with van der Waals surface area (Å²) in [6.45, 7) is 5.00. The van der Waals surface area contributed by atoms with Crippen molar-refractivity contribution in [2.75, 3.05) is 18.9 Å². The normalized spacial score (nSPS) is 12.3. The van der Waals surface area contributed by atoms with E-state index in [0.29, 0.717) is 0 Å². The van der Waals surface area contributed by atoms with Crippen LogP contribution in [0.5, 0.6) is 0 Å². The topological polar surface area (TPSA) is 131 Å². The number of carbonyl (C=O) groups excluding carboxylic acids is 1. The van der Waals surface area contributed by atoms with Gasteiger partial charge in [-0.1, -0.05) is 0 Å². The van der Waals surface area contributed by atoms with Crippen LogP contribution in [-0.4, -0.2) is 38.2 Å². The fourth-order valence-corrected chi connectivity index (χ4v) is 3.31. The van der Waals surface area contributed by atoms with Gasteiger partial charge in [0.05, 0.1) is 13.2 Å². The molecule has 0 saturated heterocycles. The lowest BCUT2D eigenvalue weighted by Crippen LogP contribution is -2.28. The maximum Gasteiger partial charge on any atom is 0.355 e. The fraction of sp³-hybridized carbons (Fsp3) is 0.385. The van der Waals surface area contributed by atoms with Crippen LogP contribution in [-0.2, 0) is 13.6 Å². The molecule has 0 fully saturated rings. The lowest BCUT2D eigenvalue weighted by Gasteiger charge is -2.12. The van der Waals surface area contributed by atoms with Crippen LogP contribution in [0.3, 0.4) is 0 Å². The van der Waals surface area contributed by atoms with Crippen LogP contribution < -0.4 is 11.3 Å². The van der Waals surface area contributed by atoms with E-state index >= 15 is 0 Å². The molecule has 2 heterocycles. The van der Waals surface area contributed by atoms with Gasteiger partial charge in [0, 0.05) is 18.9 Å². The molecule has 2 rings (SSSR count). The van der Waals surface area contributed by atoms with Crippen molar-refractivity contribution in [2.24, 2.45) is 0 Å². The molecule has 0 aromatic carbocycles. The third-order valence-electron chi connectivity index (χ3n) is 2.97. The van der Waals surface area contributed by atoms with E-state index in [4.69, 9.17) is 14.8 Å². The molecule has 11 heteroatoms. The molecule has 2 aromatic heterocycles. The van der Waals surface area contributed by atoms with Gasteiger partial charge >= 0.3 is 7.60 Å². The molecule has 0 atom stereocenters. The van der Waals surface area contributed by atoms with Crippen molar-refractivity contribution >= 4 is 36.8 Å². The van der Waals surface area contributed by atoms with E-state index in [1.807, 2.05) is 0 Å². The zero-order valence-electron chi connectivity index (χ0n) is 13.5. The van der Waals surface area contributed by atoms with Crippen molar-refractivity contribution in [1.29, 1.82) is 0 Å². The molecule has 0 saturated carbocycles. The predicted octanol–water partition coefficient (Wildman–Crippen LogP) is 1.53. The van der Waals surface area contributed by atoms with Gasteiger partial charge in [-0.3, -0.25) is 18.7 Å². The van der Waals surface area contributed by atoms with Gasteiger partial charge in [0.15, 0.2) is 11.2 Å². The number of fused-ring (bicyclic) bond motifs is 1. The minimum Gasteiger partial charge on any atom is -0.369 e. The molecule has 0 bridgehead atoms. The van der Waals surface area contributed by atoms with Gasteiger partial charge in [-0.25, -0.2) is 9.55 Å². The van der Waals surface area contributed by atoms with Crippen LogP contribution in [0, 0.1) is 0 Å². The SMILES string of the molecule is CCOP(=O)(/C=C/n1cnc2c(=O)n(C(C)=O)c(N)nc21)OCC. The third-order valence-corrected chi connectivity index (χ3v) is 4.70. The molecule has 0 unspecified atom stereocenters. The first-order valence-electron chi connectivity index (χ1n) is 7.17. The summed E-state index contributed by atoms with van der Waals surface area (Å²) in [5, 5.41) is 0. The highest BCUT2D eigenvalue weighted by Gasteiger charge is 2.20. The number of carbonyl (C=O) groups is 1. The van der Waals surface area contributed by atoms with Gasteiger partial charge < -0.3 is 14.8 Å². The zero-order valence-corrected chi connectivity index (χ0v) is 14.4. The first kappa shape index (κ1) is 18.1. The van der Waals surface area contributed by atoms with Gasteiger partial charge in [-0.15, -0.1) is 0 Å². The Kier molecular flexibility index (Phi) is 5.33. The fourth-order valence-electron chi connectivity index (χ4n) is 2.03. The molecule has 0 aliphatic heterocycles. The largest absolute Gasteiger partial charge is 0.369 e. The van der Waals surface area contributed by atoms with Crippen molar-refractivity contribution in [1.82, 2.24) is 19.1 Å². The Morgan fingerprint density at radius 3 is 2.54 bits per heavy atom. The van der Waals surface area contributed by atoms with E-state index in [-0.39, 0.29) is 30.3 Å². The molecule has 0 amide bonds. The molecular weight excluding hydrogens is 337 g/mol. The predicted molar refractivity (Wildman–Crippen MR) is 88.7 cm³/mol. The van der Waals surface area contributed by atoms with E-state index < -0.39 is 19.1 Å². The Labute approximate surface area is 137 Å². The van der Waals surface area contributed by atoms with Crippen molar-refractivity contribution in [3.8, 4) is 0 Å². The number of nitrogen functional groups attached to an aromatic ring is 1. The number of hydrogen-bond acceptors (Lipinski definition) is 8. The molecule has 0 spiro atoms. The summed E-state index contributed by atoms with van der Waals surface area (Å²) in [5.41, 5.74) is 5.08.